The summed E-state index contributed by atoms with van der Waals surface area (Å²) in [6.07, 6.45) is 2.45. The minimum atomic E-state index is -0.323. The van der Waals surface area contributed by atoms with Gasteiger partial charge in [0.1, 0.15) is 0 Å². The fourth-order valence-electron chi connectivity index (χ4n) is 3.29. The van der Waals surface area contributed by atoms with Crippen molar-refractivity contribution in [2.45, 2.75) is 25.4 Å². The van der Waals surface area contributed by atoms with Crippen LogP contribution in [0.4, 0.5) is 5.69 Å². The van der Waals surface area contributed by atoms with Gasteiger partial charge in [-0.25, -0.2) is 0 Å². The summed E-state index contributed by atoms with van der Waals surface area (Å²) in [5, 5.41) is 14.3. The Morgan fingerprint density at radius 2 is 2.25 bits per heavy atom. The molecule has 2 atom stereocenters. The van der Waals surface area contributed by atoms with E-state index in [0.29, 0.717) is 6.04 Å². The van der Waals surface area contributed by atoms with Crippen LogP contribution in [0.15, 0.2) is 24.3 Å². The van der Waals surface area contributed by atoms with Crippen molar-refractivity contribution in [2.24, 2.45) is 5.92 Å². The molecule has 110 valence electrons. The van der Waals surface area contributed by atoms with Crippen molar-refractivity contribution in [3.8, 4) is 0 Å². The molecule has 2 saturated heterocycles. The molecular formula is C14H20ClN3O2. The smallest absolute Gasteiger partial charge is 0.269 e. The van der Waals surface area contributed by atoms with Crippen LogP contribution in [0, 0.1) is 16.0 Å². The van der Waals surface area contributed by atoms with Gasteiger partial charge in [-0.05, 0) is 37.4 Å². The van der Waals surface area contributed by atoms with Crippen LogP contribution in [-0.4, -0.2) is 35.5 Å². The van der Waals surface area contributed by atoms with Gasteiger partial charge in [0.2, 0.25) is 0 Å². The molecule has 2 fully saturated rings. The van der Waals surface area contributed by atoms with Crippen molar-refractivity contribution < 1.29 is 4.92 Å². The van der Waals surface area contributed by atoms with Crippen LogP contribution in [0.1, 0.15) is 18.4 Å². The quantitative estimate of drug-likeness (QED) is 0.686. The lowest BCUT2D eigenvalue weighted by Crippen LogP contribution is -2.43. The number of likely N-dealkylation sites (tertiary alicyclic amines) is 1. The Morgan fingerprint density at radius 3 is 3.05 bits per heavy atom. The van der Waals surface area contributed by atoms with Crippen LogP contribution in [0.2, 0.25) is 0 Å². The number of nitro benzene ring substituents is 1. The number of piperidine rings is 1. The molecule has 0 bridgehead atoms. The van der Waals surface area contributed by atoms with E-state index in [1.807, 2.05) is 6.07 Å². The van der Waals surface area contributed by atoms with E-state index in [1.54, 1.807) is 18.2 Å². The number of fused-ring (bicyclic) bond motifs is 1. The van der Waals surface area contributed by atoms with E-state index in [1.165, 1.54) is 12.8 Å². The molecular weight excluding hydrogens is 278 g/mol. The molecule has 3 rings (SSSR count). The van der Waals surface area contributed by atoms with Crippen LogP contribution in [0.5, 0.6) is 0 Å². The van der Waals surface area contributed by atoms with E-state index >= 15 is 0 Å². The molecule has 1 aromatic rings. The maximum Gasteiger partial charge on any atom is 0.269 e. The minimum Gasteiger partial charge on any atom is -0.314 e. The van der Waals surface area contributed by atoms with Gasteiger partial charge in [-0.2, -0.15) is 0 Å². The Morgan fingerprint density at radius 1 is 1.40 bits per heavy atom. The van der Waals surface area contributed by atoms with Crippen LogP contribution in [-0.2, 0) is 6.54 Å². The lowest BCUT2D eigenvalue weighted by Gasteiger charge is -2.34. The van der Waals surface area contributed by atoms with Crippen molar-refractivity contribution in [3.63, 3.8) is 0 Å². The Kier molecular flexibility index (Phi) is 4.96. The van der Waals surface area contributed by atoms with Gasteiger partial charge in [0.15, 0.2) is 0 Å². The summed E-state index contributed by atoms with van der Waals surface area (Å²) in [5.41, 5.74) is 1.23. The first-order valence-corrected chi connectivity index (χ1v) is 6.91. The lowest BCUT2D eigenvalue weighted by molar-refractivity contribution is -0.384. The summed E-state index contributed by atoms with van der Waals surface area (Å²) in [6, 6.07) is 7.69. The number of benzene rings is 1. The second-order valence-corrected chi connectivity index (χ2v) is 5.56. The first-order valence-electron chi connectivity index (χ1n) is 6.91. The van der Waals surface area contributed by atoms with E-state index in [-0.39, 0.29) is 23.0 Å². The summed E-state index contributed by atoms with van der Waals surface area (Å²) < 4.78 is 0. The largest absolute Gasteiger partial charge is 0.314 e. The highest BCUT2D eigenvalue weighted by Crippen LogP contribution is 2.26. The normalized spacial score (nSPS) is 25.8. The van der Waals surface area contributed by atoms with E-state index in [2.05, 4.69) is 10.2 Å². The van der Waals surface area contributed by atoms with E-state index in [9.17, 15) is 10.1 Å². The van der Waals surface area contributed by atoms with Crippen molar-refractivity contribution in [2.75, 3.05) is 19.6 Å². The third kappa shape index (κ3) is 3.29. The summed E-state index contributed by atoms with van der Waals surface area (Å²) in [5.74, 6) is 0.757. The zero-order chi connectivity index (χ0) is 13.2. The number of nitrogens with zero attached hydrogens (tertiary/aromatic N) is 2. The monoisotopic (exact) mass is 297 g/mol. The Balaban J connectivity index is 0.00000147. The Labute approximate surface area is 124 Å². The second-order valence-electron chi connectivity index (χ2n) is 5.56. The van der Waals surface area contributed by atoms with Crippen LogP contribution < -0.4 is 5.32 Å². The summed E-state index contributed by atoms with van der Waals surface area (Å²) >= 11 is 0. The highest BCUT2D eigenvalue weighted by atomic mass is 35.5. The molecule has 2 aliphatic rings. The van der Waals surface area contributed by atoms with Gasteiger partial charge in [-0.1, -0.05) is 12.1 Å². The predicted molar refractivity (Wildman–Crippen MR) is 80.1 cm³/mol. The molecule has 2 aliphatic heterocycles. The van der Waals surface area contributed by atoms with Gasteiger partial charge in [0.05, 0.1) is 4.92 Å². The molecule has 0 spiro atoms. The molecule has 5 nitrogen and oxygen atoms in total. The molecule has 0 radical (unpaired) electrons. The third-order valence-electron chi connectivity index (χ3n) is 4.27. The number of non-ortho nitro benzene ring substituents is 1. The van der Waals surface area contributed by atoms with Crippen LogP contribution in [0.3, 0.4) is 0 Å². The molecule has 0 aromatic heterocycles. The van der Waals surface area contributed by atoms with Gasteiger partial charge in [-0.3, -0.25) is 15.0 Å². The Hall–Kier alpha value is -1.17. The Bertz CT molecular complexity index is 483. The fraction of sp³-hybridized carbons (Fsp3) is 0.571. The first kappa shape index (κ1) is 15.2. The number of nitrogens with one attached hydrogen (secondary N) is 1. The predicted octanol–water partition coefficient (Wildman–Crippen LogP) is 2.20. The van der Waals surface area contributed by atoms with Crippen molar-refractivity contribution in [1.29, 1.82) is 0 Å². The second kappa shape index (κ2) is 6.52. The van der Waals surface area contributed by atoms with Gasteiger partial charge < -0.3 is 5.32 Å². The number of nitro groups is 1. The fourth-order valence-corrected chi connectivity index (χ4v) is 3.29. The highest BCUT2D eigenvalue weighted by molar-refractivity contribution is 5.85. The SMILES string of the molecule is Cl.O=[N+]([O-])c1cccc(CN2CCC3NCCC3C2)c1. The lowest BCUT2D eigenvalue weighted by atomic mass is 9.93. The third-order valence-corrected chi connectivity index (χ3v) is 4.27. The van der Waals surface area contributed by atoms with Crippen molar-refractivity contribution >= 4 is 18.1 Å². The van der Waals surface area contributed by atoms with E-state index in [4.69, 9.17) is 0 Å². The molecule has 6 heteroatoms. The van der Waals surface area contributed by atoms with Crippen molar-refractivity contribution in [3.05, 3.63) is 39.9 Å². The first-order chi connectivity index (χ1) is 9.22. The van der Waals surface area contributed by atoms with Crippen LogP contribution in [0.25, 0.3) is 0 Å². The van der Waals surface area contributed by atoms with Gasteiger partial charge >= 0.3 is 0 Å². The van der Waals surface area contributed by atoms with Gasteiger partial charge in [0, 0.05) is 31.3 Å². The van der Waals surface area contributed by atoms with Crippen LogP contribution >= 0.6 is 12.4 Å². The number of halogens is 1. The summed E-state index contributed by atoms with van der Waals surface area (Å²) in [4.78, 5) is 12.9. The molecule has 0 aliphatic carbocycles. The van der Waals surface area contributed by atoms with Gasteiger partial charge in [0.25, 0.3) is 5.69 Å². The molecule has 0 saturated carbocycles. The molecule has 20 heavy (non-hydrogen) atoms. The van der Waals surface area contributed by atoms with E-state index < -0.39 is 0 Å². The number of rotatable bonds is 3. The number of hydrogen-bond acceptors (Lipinski definition) is 4. The highest BCUT2D eigenvalue weighted by Gasteiger charge is 2.32. The number of hydrogen-bond donors (Lipinski definition) is 1. The maximum atomic E-state index is 10.8. The summed E-state index contributed by atoms with van der Waals surface area (Å²) in [6.45, 7) is 4.15. The average Bonchev–Trinajstić information content (AvgIpc) is 2.86. The van der Waals surface area contributed by atoms with E-state index in [0.717, 1.165) is 37.7 Å². The topological polar surface area (TPSA) is 58.4 Å². The molecule has 1 aromatic carbocycles. The summed E-state index contributed by atoms with van der Waals surface area (Å²) in [7, 11) is 0. The molecule has 2 unspecified atom stereocenters. The zero-order valence-electron chi connectivity index (χ0n) is 11.3. The average molecular weight is 298 g/mol. The minimum absolute atomic E-state index is 0. The molecule has 2 heterocycles. The maximum absolute atomic E-state index is 10.8. The van der Waals surface area contributed by atoms with Crippen molar-refractivity contribution in [1.82, 2.24) is 10.2 Å². The standard InChI is InChI=1S/C14H19N3O2.ClH/c18-17(19)13-3-1-2-11(8-13)9-16-7-5-14-12(10-16)4-6-15-14;/h1-3,8,12,14-15H,4-7,9-10H2;1H. The molecule has 1 N–H and O–H groups in total. The zero-order valence-corrected chi connectivity index (χ0v) is 12.1. The molecule has 0 amide bonds. The van der Waals surface area contributed by atoms with Gasteiger partial charge in [-0.15, -0.1) is 12.4 Å².